The Morgan fingerprint density at radius 1 is 1.14 bits per heavy atom. The standard InChI is InChI=1S/C22H24N2O4/c1-24-12-6-11-22(14-24,20(25)26)23-21(27)28-13-19-17-9-4-2-7-15(17)16-8-3-5-10-18(16)19/h2-5,7-10,19H,6,11-14H2,1H3,(H,23,27)(H,25,26). The number of hydrogen-bond acceptors (Lipinski definition) is 4. The lowest BCUT2D eigenvalue weighted by Crippen LogP contribution is -2.62. The van der Waals surface area contributed by atoms with Crippen LogP contribution in [0.1, 0.15) is 29.9 Å². The Balaban J connectivity index is 1.49. The molecule has 0 bridgehead atoms. The average molecular weight is 380 g/mol. The molecule has 0 spiro atoms. The molecule has 2 aromatic carbocycles. The molecule has 1 atom stereocenters. The third kappa shape index (κ3) is 3.24. The van der Waals surface area contributed by atoms with Crippen molar-refractivity contribution in [2.75, 3.05) is 26.7 Å². The number of piperidine rings is 1. The number of carboxylic acid groups (broad SMARTS) is 1. The highest BCUT2D eigenvalue weighted by Gasteiger charge is 2.43. The van der Waals surface area contributed by atoms with Crippen molar-refractivity contribution in [2.45, 2.75) is 24.3 Å². The molecule has 1 aliphatic heterocycles. The number of fused-ring (bicyclic) bond motifs is 3. The summed E-state index contributed by atoms with van der Waals surface area (Å²) in [6, 6.07) is 16.2. The summed E-state index contributed by atoms with van der Waals surface area (Å²) < 4.78 is 5.52. The van der Waals surface area contributed by atoms with Crippen LogP contribution in [0.3, 0.4) is 0 Å². The molecule has 28 heavy (non-hydrogen) atoms. The van der Waals surface area contributed by atoms with Gasteiger partial charge in [0, 0.05) is 12.5 Å². The second-order valence-corrected chi connectivity index (χ2v) is 7.68. The first-order valence-electron chi connectivity index (χ1n) is 9.55. The number of amides is 1. The number of ether oxygens (including phenoxy) is 1. The van der Waals surface area contributed by atoms with Crippen molar-refractivity contribution in [2.24, 2.45) is 0 Å². The highest BCUT2D eigenvalue weighted by molar-refractivity contribution is 5.85. The molecule has 1 unspecified atom stereocenters. The van der Waals surface area contributed by atoms with Crippen LogP contribution in [0, 0.1) is 0 Å². The van der Waals surface area contributed by atoms with Gasteiger partial charge in [-0.3, -0.25) is 0 Å². The molecule has 1 amide bonds. The van der Waals surface area contributed by atoms with Crippen LogP contribution >= 0.6 is 0 Å². The molecule has 2 aromatic rings. The van der Waals surface area contributed by atoms with Gasteiger partial charge in [0.2, 0.25) is 0 Å². The van der Waals surface area contributed by atoms with E-state index < -0.39 is 17.6 Å². The molecule has 1 heterocycles. The lowest BCUT2D eigenvalue weighted by molar-refractivity contribution is -0.147. The van der Waals surface area contributed by atoms with Crippen molar-refractivity contribution in [3.63, 3.8) is 0 Å². The molecular weight excluding hydrogens is 356 g/mol. The summed E-state index contributed by atoms with van der Waals surface area (Å²) in [4.78, 5) is 26.3. The van der Waals surface area contributed by atoms with Crippen LogP contribution in [0.4, 0.5) is 4.79 Å². The normalized spacial score (nSPS) is 21.6. The Hall–Kier alpha value is -2.86. The monoisotopic (exact) mass is 380 g/mol. The maximum atomic E-state index is 12.5. The molecule has 6 nitrogen and oxygen atoms in total. The van der Waals surface area contributed by atoms with E-state index in [2.05, 4.69) is 29.6 Å². The summed E-state index contributed by atoms with van der Waals surface area (Å²) in [7, 11) is 1.86. The van der Waals surface area contributed by atoms with Crippen molar-refractivity contribution in [3.05, 3.63) is 59.7 Å². The number of likely N-dealkylation sites (N-methyl/N-ethyl adjacent to an activating group) is 1. The number of alkyl carbamates (subject to hydrolysis) is 1. The van der Waals surface area contributed by atoms with Crippen LogP contribution in [0.2, 0.25) is 0 Å². The van der Waals surface area contributed by atoms with Gasteiger partial charge in [-0.1, -0.05) is 48.5 Å². The van der Waals surface area contributed by atoms with Gasteiger partial charge in [0.1, 0.15) is 6.61 Å². The average Bonchev–Trinajstić information content (AvgIpc) is 3.00. The number of nitrogens with one attached hydrogen (secondary N) is 1. The summed E-state index contributed by atoms with van der Waals surface area (Å²) in [5.74, 6) is -1.07. The number of carbonyl (C=O) groups excluding carboxylic acids is 1. The second-order valence-electron chi connectivity index (χ2n) is 7.68. The van der Waals surface area contributed by atoms with E-state index in [-0.39, 0.29) is 19.1 Å². The highest BCUT2D eigenvalue weighted by atomic mass is 16.5. The summed E-state index contributed by atoms with van der Waals surface area (Å²) in [6.45, 7) is 1.26. The van der Waals surface area contributed by atoms with E-state index in [9.17, 15) is 14.7 Å². The fourth-order valence-electron chi connectivity index (χ4n) is 4.43. The minimum atomic E-state index is -1.30. The van der Waals surface area contributed by atoms with Gasteiger partial charge in [-0.05, 0) is 48.7 Å². The van der Waals surface area contributed by atoms with Crippen molar-refractivity contribution in [3.8, 4) is 11.1 Å². The number of carboxylic acids is 1. The van der Waals surface area contributed by atoms with E-state index in [0.717, 1.165) is 28.8 Å². The van der Waals surface area contributed by atoms with Crippen molar-refractivity contribution in [1.29, 1.82) is 0 Å². The number of likely N-dealkylation sites (tertiary alicyclic amines) is 1. The Labute approximate surface area is 164 Å². The maximum absolute atomic E-state index is 12.5. The number of benzene rings is 2. The highest BCUT2D eigenvalue weighted by Crippen LogP contribution is 2.44. The zero-order chi connectivity index (χ0) is 19.7. The molecule has 2 aliphatic rings. The van der Waals surface area contributed by atoms with Gasteiger partial charge in [-0.2, -0.15) is 0 Å². The first-order valence-corrected chi connectivity index (χ1v) is 9.55. The predicted molar refractivity (Wildman–Crippen MR) is 105 cm³/mol. The van der Waals surface area contributed by atoms with Gasteiger partial charge in [-0.25, -0.2) is 9.59 Å². The van der Waals surface area contributed by atoms with Gasteiger partial charge in [0.25, 0.3) is 0 Å². The maximum Gasteiger partial charge on any atom is 0.408 e. The molecule has 146 valence electrons. The number of rotatable bonds is 4. The van der Waals surface area contributed by atoms with E-state index in [1.165, 1.54) is 0 Å². The molecule has 0 saturated carbocycles. The van der Waals surface area contributed by atoms with Crippen LogP contribution in [0.25, 0.3) is 11.1 Å². The van der Waals surface area contributed by atoms with Gasteiger partial charge in [0.05, 0.1) is 0 Å². The number of carbonyl (C=O) groups is 2. The van der Waals surface area contributed by atoms with Gasteiger partial charge >= 0.3 is 12.1 Å². The molecule has 1 aliphatic carbocycles. The quantitative estimate of drug-likeness (QED) is 0.852. The van der Waals surface area contributed by atoms with Crippen molar-refractivity contribution < 1.29 is 19.4 Å². The number of aliphatic carboxylic acids is 1. The third-order valence-corrected chi connectivity index (χ3v) is 5.78. The van der Waals surface area contributed by atoms with E-state index in [4.69, 9.17) is 4.74 Å². The second kappa shape index (κ2) is 7.28. The zero-order valence-electron chi connectivity index (χ0n) is 15.9. The van der Waals surface area contributed by atoms with Gasteiger partial charge in [0.15, 0.2) is 5.54 Å². The Morgan fingerprint density at radius 3 is 2.32 bits per heavy atom. The third-order valence-electron chi connectivity index (χ3n) is 5.78. The van der Waals surface area contributed by atoms with E-state index in [1.807, 2.05) is 36.2 Å². The molecular formula is C22H24N2O4. The minimum Gasteiger partial charge on any atom is -0.479 e. The minimum absolute atomic E-state index is 0.0482. The number of hydrogen-bond donors (Lipinski definition) is 2. The number of nitrogens with zero attached hydrogens (tertiary/aromatic N) is 1. The molecule has 1 fully saturated rings. The van der Waals surface area contributed by atoms with Gasteiger partial charge in [-0.15, -0.1) is 0 Å². The largest absolute Gasteiger partial charge is 0.479 e. The molecule has 1 saturated heterocycles. The summed E-state index contributed by atoms with van der Waals surface area (Å²) in [6.07, 6.45) is 0.433. The zero-order valence-corrected chi connectivity index (χ0v) is 15.9. The van der Waals surface area contributed by atoms with Crippen LogP contribution < -0.4 is 5.32 Å². The molecule has 0 aromatic heterocycles. The van der Waals surface area contributed by atoms with Crippen molar-refractivity contribution >= 4 is 12.1 Å². The van der Waals surface area contributed by atoms with Gasteiger partial charge < -0.3 is 20.1 Å². The summed E-state index contributed by atoms with van der Waals surface area (Å²) in [5.41, 5.74) is 3.27. The Kier molecular flexibility index (Phi) is 4.81. The first kappa shape index (κ1) is 18.5. The predicted octanol–water partition coefficient (Wildman–Crippen LogP) is 3.07. The van der Waals surface area contributed by atoms with E-state index >= 15 is 0 Å². The lowest BCUT2D eigenvalue weighted by Gasteiger charge is -2.38. The lowest BCUT2D eigenvalue weighted by atomic mass is 9.89. The van der Waals surface area contributed by atoms with Crippen LogP contribution in [-0.2, 0) is 9.53 Å². The molecule has 6 heteroatoms. The first-order chi connectivity index (χ1) is 13.5. The Morgan fingerprint density at radius 2 is 1.75 bits per heavy atom. The van der Waals surface area contributed by atoms with E-state index in [1.54, 1.807) is 0 Å². The topological polar surface area (TPSA) is 78.9 Å². The fourth-order valence-corrected chi connectivity index (χ4v) is 4.43. The Bertz CT molecular complexity index is 867. The van der Waals surface area contributed by atoms with Crippen molar-refractivity contribution in [1.82, 2.24) is 10.2 Å². The fraction of sp³-hybridized carbons (Fsp3) is 0.364. The molecule has 0 radical (unpaired) electrons. The smallest absolute Gasteiger partial charge is 0.408 e. The van der Waals surface area contributed by atoms with Crippen LogP contribution in [0.5, 0.6) is 0 Å². The SMILES string of the molecule is CN1CCCC(NC(=O)OCC2c3ccccc3-c3ccccc32)(C(=O)O)C1. The summed E-state index contributed by atoms with van der Waals surface area (Å²) in [5, 5.41) is 12.3. The van der Waals surface area contributed by atoms with Crippen LogP contribution in [-0.4, -0.2) is 54.4 Å². The molecule has 2 N–H and O–H groups in total. The summed E-state index contributed by atoms with van der Waals surface area (Å²) >= 11 is 0. The molecule has 4 rings (SSSR count). The van der Waals surface area contributed by atoms with Crippen LogP contribution in [0.15, 0.2) is 48.5 Å². The van der Waals surface area contributed by atoms with E-state index in [0.29, 0.717) is 12.8 Å².